The van der Waals surface area contributed by atoms with Gasteiger partial charge in [0.2, 0.25) is 0 Å². The number of amides is 1. The molecule has 2 aromatic carbocycles. The Kier molecular flexibility index (Phi) is 5.81. The first kappa shape index (κ1) is 17.2. The number of quaternary nitrogens is 1. The molecule has 128 valence electrons. The van der Waals surface area contributed by atoms with Crippen LogP contribution in [0.15, 0.2) is 54.6 Å². The van der Waals surface area contributed by atoms with Crippen LogP contribution < -0.4 is 10.2 Å². The van der Waals surface area contributed by atoms with Gasteiger partial charge in [0.05, 0.1) is 24.3 Å². The van der Waals surface area contributed by atoms with Crippen LogP contribution in [0.5, 0.6) is 0 Å². The third-order valence-corrected chi connectivity index (χ3v) is 4.91. The molecule has 0 aliphatic carbocycles. The Morgan fingerprint density at radius 1 is 1.08 bits per heavy atom. The summed E-state index contributed by atoms with van der Waals surface area (Å²) in [6.45, 7) is 2.54. The van der Waals surface area contributed by atoms with Gasteiger partial charge in [0.25, 0.3) is 5.91 Å². The quantitative estimate of drug-likeness (QED) is 0.879. The van der Waals surface area contributed by atoms with E-state index in [0.717, 1.165) is 32.4 Å². The molecule has 0 atom stereocenters. The standard InChI is InChI=1S/C21H23N3O/c22-15-19-8-4-5-9-20(19)23-21(25)16-24-12-10-18(11-13-24)14-17-6-2-1-3-7-17/h1-9,18H,10-14,16H2,(H,23,25)/p+1. The molecule has 2 aromatic rings. The van der Waals surface area contributed by atoms with Gasteiger partial charge in [0, 0.05) is 0 Å². The second-order valence-corrected chi connectivity index (χ2v) is 6.77. The van der Waals surface area contributed by atoms with Crippen LogP contribution in [0.3, 0.4) is 0 Å². The Morgan fingerprint density at radius 3 is 2.48 bits per heavy atom. The Labute approximate surface area is 149 Å². The number of anilines is 1. The molecule has 0 spiro atoms. The molecule has 0 saturated carbocycles. The lowest BCUT2D eigenvalue weighted by Gasteiger charge is -2.29. The molecule has 0 aromatic heterocycles. The van der Waals surface area contributed by atoms with Crippen molar-refractivity contribution in [1.82, 2.24) is 0 Å². The van der Waals surface area contributed by atoms with Crippen LogP contribution in [0.2, 0.25) is 0 Å². The summed E-state index contributed by atoms with van der Waals surface area (Å²) in [5.74, 6) is 0.702. The van der Waals surface area contributed by atoms with Gasteiger partial charge >= 0.3 is 0 Å². The summed E-state index contributed by atoms with van der Waals surface area (Å²) in [5, 5.41) is 12.0. The van der Waals surface area contributed by atoms with Crippen LogP contribution in [-0.4, -0.2) is 25.5 Å². The first-order chi connectivity index (χ1) is 12.2. The number of likely N-dealkylation sites (tertiary alicyclic amines) is 1. The fourth-order valence-electron chi connectivity index (χ4n) is 3.53. The minimum Gasteiger partial charge on any atom is -0.327 e. The molecular weight excluding hydrogens is 310 g/mol. The second-order valence-electron chi connectivity index (χ2n) is 6.77. The topological polar surface area (TPSA) is 57.3 Å². The molecular formula is C21H24N3O+. The lowest BCUT2D eigenvalue weighted by Crippen LogP contribution is -3.14. The largest absolute Gasteiger partial charge is 0.327 e. The van der Waals surface area contributed by atoms with Gasteiger partial charge in [-0.2, -0.15) is 5.26 Å². The van der Waals surface area contributed by atoms with E-state index < -0.39 is 0 Å². The molecule has 25 heavy (non-hydrogen) atoms. The van der Waals surface area contributed by atoms with Gasteiger partial charge in [-0.3, -0.25) is 4.79 Å². The number of nitriles is 1. The molecule has 0 bridgehead atoms. The summed E-state index contributed by atoms with van der Waals surface area (Å²) in [5.41, 5.74) is 2.52. The lowest BCUT2D eigenvalue weighted by atomic mass is 9.90. The zero-order valence-corrected chi connectivity index (χ0v) is 14.4. The predicted octanol–water partition coefficient (Wildman–Crippen LogP) is 2.03. The fraction of sp³-hybridized carbons (Fsp3) is 0.333. The van der Waals surface area contributed by atoms with Crippen molar-refractivity contribution in [2.24, 2.45) is 5.92 Å². The van der Waals surface area contributed by atoms with Gasteiger partial charge in [-0.05, 0) is 42.9 Å². The number of carbonyl (C=O) groups is 1. The normalized spacial score (nSPS) is 19.8. The summed E-state index contributed by atoms with van der Waals surface area (Å²) in [4.78, 5) is 13.6. The Balaban J connectivity index is 1.46. The van der Waals surface area contributed by atoms with E-state index in [1.807, 2.05) is 6.07 Å². The van der Waals surface area contributed by atoms with Gasteiger partial charge < -0.3 is 10.2 Å². The lowest BCUT2D eigenvalue weighted by molar-refractivity contribution is -0.898. The molecule has 1 amide bonds. The highest BCUT2D eigenvalue weighted by Crippen LogP contribution is 2.16. The molecule has 1 heterocycles. The monoisotopic (exact) mass is 334 g/mol. The van der Waals surface area contributed by atoms with Crippen LogP contribution in [0, 0.1) is 17.2 Å². The second kappa shape index (κ2) is 8.46. The first-order valence-corrected chi connectivity index (χ1v) is 8.91. The number of nitrogens with one attached hydrogen (secondary N) is 2. The van der Waals surface area contributed by atoms with Crippen LogP contribution >= 0.6 is 0 Å². The first-order valence-electron chi connectivity index (χ1n) is 8.91. The molecule has 4 heteroatoms. The summed E-state index contributed by atoms with van der Waals surface area (Å²) in [6, 6.07) is 19.9. The van der Waals surface area contributed by atoms with E-state index in [-0.39, 0.29) is 5.91 Å². The summed E-state index contributed by atoms with van der Waals surface area (Å²) in [7, 11) is 0. The van der Waals surface area contributed by atoms with E-state index in [1.54, 1.807) is 18.2 Å². The fourth-order valence-corrected chi connectivity index (χ4v) is 3.53. The average Bonchev–Trinajstić information content (AvgIpc) is 2.64. The highest BCUT2D eigenvalue weighted by molar-refractivity contribution is 5.92. The molecule has 1 saturated heterocycles. The number of carbonyl (C=O) groups excluding carboxylic acids is 1. The highest BCUT2D eigenvalue weighted by Gasteiger charge is 2.24. The number of benzene rings is 2. The minimum absolute atomic E-state index is 0.0146. The van der Waals surface area contributed by atoms with Gasteiger partial charge in [0.1, 0.15) is 6.07 Å². The van der Waals surface area contributed by atoms with Crippen molar-refractivity contribution < 1.29 is 9.69 Å². The van der Waals surface area contributed by atoms with Gasteiger partial charge in [-0.15, -0.1) is 0 Å². The maximum Gasteiger partial charge on any atom is 0.279 e. The molecule has 1 fully saturated rings. The smallest absolute Gasteiger partial charge is 0.279 e. The van der Waals surface area contributed by atoms with E-state index in [9.17, 15) is 4.79 Å². The molecule has 4 nitrogen and oxygen atoms in total. The van der Waals surface area contributed by atoms with Crippen LogP contribution in [0.1, 0.15) is 24.0 Å². The number of para-hydroxylation sites is 1. The highest BCUT2D eigenvalue weighted by atomic mass is 16.2. The number of rotatable bonds is 5. The Bertz CT molecular complexity index is 743. The van der Waals surface area contributed by atoms with Crippen molar-refractivity contribution in [2.75, 3.05) is 25.0 Å². The Morgan fingerprint density at radius 2 is 1.76 bits per heavy atom. The van der Waals surface area contributed by atoms with Crippen molar-refractivity contribution in [3.8, 4) is 6.07 Å². The maximum atomic E-state index is 12.3. The van der Waals surface area contributed by atoms with Crippen molar-refractivity contribution in [1.29, 1.82) is 5.26 Å². The minimum atomic E-state index is -0.0146. The van der Waals surface area contributed by atoms with E-state index in [2.05, 4.69) is 41.7 Å². The summed E-state index contributed by atoms with van der Waals surface area (Å²) < 4.78 is 0. The van der Waals surface area contributed by atoms with Crippen LogP contribution in [-0.2, 0) is 11.2 Å². The SMILES string of the molecule is N#Cc1ccccc1NC(=O)C[NH+]1CCC(Cc2ccccc2)CC1. The summed E-state index contributed by atoms with van der Waals surface area (Å²) in [6.07, 6.45) is 3.45. The number of hydrogen-bond acceptors (Lipinski definition) is 2. The molecule has 0 unspecified atom stereocenters. The van der Waals surface area contributed by atoms with Crippen molar-refractivity contribution in [3.05, 3.63) is 65.7 Å². The van der Waals surface area contributed by atoms with Crippen LogP contribution in [0.4, 0.5) is 5.69 Å². The van der Waals surface area contributed by atoms with Gasteiger partial charge in [-0.1, -0.05) is 42.5 Å². The number of nitrogens with zero attached hydrogens (tertiary/aromatic N) is 1. The van der Waals surface area contributed by atoms with E-state index in [4.69, 9.17) is 5.26 Å². The van der Waals surface area contributed by atoms with Crippen molar-refractivity contribution in [3.63, 3.8) is 0 Å². The van der Waals surface area contributed by atoms with E-state index in [1.165, 1.54) is 10.5 Å². The predicted molar refractivity (Wildman–Crippen MR) is 98.2 cm³/mol. The van der Waals surface area contributed by atoms with E-state index in [0.29, 0.717) is 23.7 Å². The summed E-state index contributed by atoms with van der Waals surface area (Å²) >= 11 is 0. The maximum absolute atomic E-state index is 12.3. The number of hydrogen-bond donors (Lipinski definition) is 2. The molecule has 1 aliphatic rings. The zero-order valence-electron chi connectivity index (χ0n) is 14.4. The molecule has 3 rings (SSSR count). The average molecular weight is 334 g/mol. The van der Waals surface area contributed by atoms with Crippen molar-refractivity contribution >= 4 is 11.6 Å². The number of piperidine rings is 1. The van der Waals surface area contributed by atoms with E-state index >= 15 is 0 Å². The Hall–Kier alpha value is -2.64. The van der Waals surface area contributed by atoms with Gasteiger partial charge in [-0.25, -0.2) is 0 Å². The molecule has 1 aliphatic heterocycles. The van der Waals surface area contributed by atoms with Gasteiger partial charge in [0.15, 0.2) is 6.54 Å². The van der Waals surface area contributed by atoms with Crippen LogP contribution in [0.25, 0.3) is 0 Å². The third kappa shape index (κ3) is 4.91. The third-order valence-electron chi connectivity index (χ3n) is 4.91. The molecule has 2 N–H and O–H groups in total. The zero-order chi connectivity index (χ0) is 17.5. The van der Waals surface area contributed by atoms with Crippen molar-refractivity contribution in [2.45, 2.75) is 19.3 Å². The molecule has 0 radical (unpaired) electrons.